The second-order valence-electron chi connectivity index (χ2n) is 5.01. The number of hydrogen-bond donors (Lipinski definition) is 2. The zero-order valence-electron chi connectivity index (χ0n) is 12.0. The van der Waals surface area contributed by atoms with E-state index in [1.807, 2.05) is 0 Å². The van der Waals surface area contributed by atoms with Crippen LogP contribution in [-0.4, -0.2) is 29.8 Å². The molecule has 0 aliphatic rings. The summed E-state index contributed by atoms with van der Waals surface area (Å²) >= 11 is 0. The summed E-state index contributed by atoms with van der Waals surface area (Å²) in [5.41, 5.74) is -2.15. The average Bonchev–Trinajstić information content (AvgIpc) is 2.37. The lowest BCUT2D eigenvalue weighted by Crippen LogP contribution is -2.50. The monoisotopic (exact) mass is 305 g/mol. The number of carboxylic acids is 1. The van der Waals surface area contributed by atoms with Crippen LogP contribution >= 0.6 is 0 Å². The number of hydrogen-bond acceptors (Lipinski definition) is 3. The molecule has 2 atom stereocenters. The van der Waals surface area contributed by atoms with E-state index in [0.717, 1.165) is 6.07 Å². The van der Waals surface area contributed by atoms with Gasteiger partial charge in [0.05, 0.1) is 11.7 Å². The fourth-order valence-electron chi connectivity index (χ4n) is 1.93. The number of para-hydroxylation sites is 1. The standard InChI is InChI=1S/C14H18F3NO3/c1-9(8-13(2,18-3)12(19)20)21-11-7-5-4-6-10(11)14(15,16)17/h4-7,9,18H,8H2,1-3H3,(H,19,20). The van der Waals surface area contributed by atoms with Crippen LogP contribution in [0.5, 0.6) is 5.75 Å². The van der Waals surface area contributed by atoms with E-state index in [1.165, 1.54) is 39.1 Å². The smallest absolute Gasteiger partial charge is 0.419 e. The van der Waals surface area contributed by atoms with Gasteiger partial charge in [0, 0.05) is 6.42 Å². The van der Waals surface area contributed by atoms with Crippen molar-refractivity contribution in [3.8, 4) is 5.75 Å². The SMILES string of the molecule is CNC(C)(CC(C)Oc1ccccc1C(F)(F)F)C(=O)O. The highest BCUT2D eigenvalue weighted by molar-refractivity contribution is 5.78. The molecular formula is C14H18F3NO3. The Hall–Kier alpha value is -1.76. The lowest BCUT2D eigenvalue weighted by atomic mass is 9.95. The Bertz CT molecular complexity index is 504. The van der Waals surface area contributed by atoms with Crippen molar-refractivity contribution in [3.63, 3.8) is 0 Å². The predicted molar refractivity (Wildman–Crippen MR) is 71.3 cm³/mol. The first-order chi connectivity index (χ1) is 9.60. The number of likely N-dealkylation sites (N-methyl/N-ethyl adjacent to an activating group) is 1. The minimum atomic E-state index is -4.52. The summed E-state index contributed by atoms with van der Waals surface area (Å²) in [5, 5.41) is 11.8. The van der Waals surface area contributed by atoms with E-state index >= 15 is 0 Å². The van der Waals surface area contributed by atoms with Crippen LogP contribution < -0.4 is 10.1 Å². The molecular weight excluding hydrogens is 287 g/mol. The number of alkyl halides is 3. The maximum atomic E-state index is 12.8. The molecule has 0 aliphatic heterocycles. The predicted octanol–water partition coefficient (Wildman–Crippen LogP) is 2.93. The van der Waals surface area contributed by atoms with Crippen LogP contribution in [0.3, 0.4) is 0 Å². The van der Waals surface area contributed by atoms with Crippen molar-refractivity contribution in [2.24, 2.45) is 0 Å². The van der Waals surface area contributed by atoms with Crippen LogP contribution in [0.1, 0.15) is 25.8 Å². The zero-order chi connectivity index (χ0) is 16.3. The molecule has 1 aromatic rings. The van der Waals surface area contributed by atoms with Gasteiger partial charge in [-0.3, -0.25) is 4.79 Å². The lowest BCUT2D eigenvalue weighted by Gasteiger charge is -2.28. The Morgan fingerprint density at radius 2 is 1.95 bits per heavy atom. The van der Waals surface area contributed by atoms with E-state index in [2.05, 4.69) is 5.32 Å². The first kappa shape index (κ1) is 17.3. The number of carboxylic acid groups (broad SMARTS) is 1. The van der Waals surface area contributed by atoms with Gasteiger partial charge in [0.25, 0.3) is 0 Å². The van der Waals surface area contributed by atoms with Gasteiger partial charge in [-0.25, -0.2) is 0 Å². The molecule has 1 rings (SSSR count). The molecule has 0 aliphatic carbocycles. The third kappa shape index (κ3) is 4.35. The molecule has 0 radical (unpaired) electrons. The van der Waals surface area contributed by atoms with Gasteiger partial charge in [-0.2, -0.15) is 13.2 Å². The van der Waals surface area contributed by atoms with Crippen molar-refractivity contribution < 1.29 is 27.8 Å². The van der Waals surface area contributed by atoms with Gasteiger partial charge in [-0.1, -0.05) is 12.1 Å². The largest absolute Gasteiger partial charge is 0.490 e. The third-order valence-electron chi connectivity index (χ3n) is 3.24. The highest BCUT2D eigenvalue weighted by atomic mass is 19.4. The van der Waals surface area contributed by atoms with E-state index in [0.29, 0.717) is 0 Å². The summed E-state index contributed by atoms with van der Waals surface area (Å²) in [6, 6.07) is 4.86. The molecule has 0 aromatic heterocycles. The van der Waals surface area contributed by atoms with Crippen molar-refractivity contribution in [1.29, 1.82) is 0 Å². The molecule has 2 N–H and O–H groups in total. The minimum Gasteiger partial charge on any atom is -0.490 e. The van der Waals surface area contributed by atoms with Crippen LogP contribution in [0.15, 0.2) is 24.3 Å². The Morgan fingerprint density at radius 1 is 1.38 bits per heavy atom. The van der Waals surface area contributed by atoms with Gasteiger partial charge in [0.1, 0.15) is 11.3 Å². The van der Waals surface area contributed by atoms with Gasteiger partial charge >= 0.3 is 12.1 Å². The number of ether oxygens (including phenoxy) is 1. The van der Waals surface area contributed by atoms with Crippen LogP contribution in [0.25, 0.3) is 0 Å². The molecule has 118 valence electrons. The molecule has 0 heterocycles. The highest BCUT2D eigenvalue weighted by Crippen LogP contribution is 2.36. The van der Waals surface area contributed by atoms with Crippen molar-refractivity contribution in [2.45, 2.75) is 38.1 Å². The number of benzene rings is 1. The van der Waals surface area contributed by atoms with Gasteiger partial charge in [-0.05, 0) is 33.0 Å². The minimum absolute atomic E-state index is 0.0189. The first-order valence-electron chi connectivity index (χ1n) is 6.35. The molecule has 0 saturated carbocycles. The number of carbonyl (C=O) groups is 1. The number of aliphatic carboxylic acids is 1. The quantitative estimate of drug-likeness (QED) is 0.848. The van der Waals surface area contributed by atoms with E-state index in [4.69, 9.17) is 9.84 Å². The van der Waals surface area contributed by atoms with Crippen LogP contribution in [0.2, 0.25) is 0 Å². The Labute approximate surface area is 120 Å². The van der Waals surface area contributed by atoms with E-state index in [1.54, 1.807) is 0 Å². The van der Waals surface area contributed by atoms with Crippen LogP contribution in [0, 0.1) is 0 Å². The van der Waals surface area contributed by atoms with Crippen molar-refractivity contribution in [2.75, 3.05) is 7.05 Å². The summed E-state index contributed by atoms with van der Waals surface area (Å²) in [7, 11) is 1.48. The number of halogens is 3. The lowest BCUT2D eigenvalue weighted by molar-refractivity contribution is -0.145. The molecule has 7 heteroatoms. The molecule has 0 fully saturated rings. The molecule has 0 amide bonds. The summed E-state index contributed by atoms with van der Waals surface area (Å²) in [4.78, 5) is 11.2. The molecule has 4 nitrogen and oxygen atoms in total. The molecule has 0 bridgehead atoms. The topological polar surface area (TPSA) is 58.6 Å². The molecule has 2 unspecified atom stereocenters. The second-order valence-corrected chi connectivity index (χ2v) is 5.01. The zero-order valence-corrected chi connectivity index (χ0v) is 12.0. The molecule has 1 aromatic carbocycles. The van der Waals surface area contributed by atoms with Crippen LogP contribution in [-0.2, 0) is 11.0 Å². The molecule has 0 spiro atoms. The van der Waals surface area contributed by atoms with Crippen LogP contribution in [0.4, 0.5) is 13.2 Å². The molecule has 21 heavy (non-hydrogen) atoms. The summed E-state index contributed by atoms with van der Waals surface area (Å²) in [6.45, 7) is 2.98. The Morgan fingerprint density at radius 3 is 2.43 bits per heavy atom. The second kappa shape index (κ2) is 6.34. The van der Waals surface area contributed by atoms with Crippen molar-refractivity contribution in [3.05, 3.63) is 29.8 Å². The average molecular weight is 305 g/mol. The summed E-state index contributed by atoms with van der Waals surface area (Å²) < 4.78 is 43.8. The Balaban J connectivity index is 2.90. The molecule has 0 saturated heterocycles. The normalized spacial score (nSPS) is 16.1. The van der Waals surface area contributed by atoms with Crippen molar-refractivity contribution >= 4 is 5.97 Å². The fourth-order valence-corrected chi connectivity index (χ4v) is 1.93. The van der Waals surface area contributed by atoms with Crippen molar-refractivity contribution in [1.82, 2.24) is 5.32 Å². The van der Waals surface area contributed by atoms with E-state index in [9.17, 15) is 18.0 Å². The Kier molecular flexibility index (Phi) is 5.22. The maximum Gasteiger partial charge on any atom is 0.419 e. The highest BCUT2D eigenvalue weighted by Gasteiger charge is 2.36. The third-order valence-corrected chi connectivity index (χ3v) is 3.24. The maximum absolute atomic E-state index is 12.8. The summed E-state index contributed by atoms with van der Waals surface area (Å²) in [6.07, 6.45) is -5.21. The van der Waals surface area contributed by atoms with Gasteiger partial charge in [0.15, 0.2) is 0 Å². The van der Waals surface area contributed by atoms with E-state index in [-0.39, 0.29) is 12.2 Å². The fraction of sp³-hybridized carbons (Fsp3) is 0.500. The summed E-state index contributed by atoms with van der Waals surface area (Å²) in [5.74, 6) is -1.40. The number of rotatable bonds is 6. The van der Waals surface area contributed by atoms with E-state index < -0.39 is 29.4 Å². The first-order valence-corrected chi connectivity index (χ1v) is 6.35. The van der Waals surface area contributed by atoms with Gasteiger partial charge in [-0.15, -0.1) is 0 Å². The number of nitrogens with one attached hydrogen (secondary N) is 1. The van der Waals surface area contributed by atoms with Gasteiger partial charge < -0.3 is 15.2 Å². The van der Waals surface area contributed by atoms with Gasteiger partial charge in [0.2, 0.25) is 0 Å².